The van der Waals surface area contributed by atoms with Crippen molar-refractivity contribution in [2.75, 3.05) is 31.2 Å². The molecule has 2 atom stereocenters. The molecule has 2 aromatic heterocycles. The molecule has 2 aromatic rings. The van der Waals surface area contributed by atoms with Gasteiger partial charge in [-0.1, -0.05) is 6.07 Å². The van der Waals surface area contributed by atoms with Crippen molar-refractivity contribution < 1.29 is 9.53 Å². The molecule has 0 aliphatic carbocycles. The zero-order valence-corrected chi connectivity index (χ0v) is 13.5. The molecule has 7 heteroatoms. The lowest BCUT2D eigenvalue weighted by Gasteiger charge is -2.25. The van der Waals surface area contributed by atoms with Crippen LogP contribution in [0.25, 0.3) is 0 Å². The van der Waals surface area contributed by atoms with E-state index >= 15 is 0 Å². The summed E-state index contributed by atoms with van der Waals surface area (Å²) in [5, 5.41) is 5.10. The summed E-state index contributed by atoms with van der Waals surface area (Å²) in [7, 11) is 0. The normalized spacial score (nSPS) is 26.3. The zero-order valence-electron chi connectivity index (χ0n) is 12.6. The molecule has 0 aromatic carbocycles. The van der Waals surface area contributed by atoms with Crippen LogP contribution in [0.4, 0.5) is 5.95 Å². The number of anilines is 1. The van der Waals surface area contributed by atoms with Crippen LogP contribution in [-0.4, -0.2) is 42.2 Å². The van der Waals surface area contributed by atoms with Gasteiger partial charge in [-0.05, 0) is 17.5 Å². The first-order valence-electron chi connectivity index (χ1n) is 7.68. The third-order valence-corrected chi connectivity index (χ3v) is 5.54. The molecule has 0 spiro atoms. The van der Waals surface area contributed by atoms with Crippen molar-refractivity contribution in [2.24, 2.45) is 11.3 Å². The maximum atomic E-state index is 12.9. The molecule has 1 amide bonds. The van der Waals surface area contributed by atoms with Crippen LogP contribution < -0.4 is 10.2 Å². The molecule has 0 saturated carbocycles. The fraction of sp³-hybridized carbons (Fsp3) is 0.438. The number of amides is 1. The Balaban J connectivity index is 1.50. The topological polar surface area (TPSA) is 67.3 Å². The van der Waals surface area contributed by atoms with Crippen LogP contribution in [0.15, 0.2) is 36.0 Å². The number of carbonyl (C=O) groups is 1. The number of carbonyl (C=O) groups excluding carboxylic acids is 1. The monoisotopic (exact) mass is 330 g/mol. The largest absolute Gasteiger partial charge is 0.380 e. The fourth-order valence-corrected chi connectivity index (χ4v) is 4.06. The predicted molar refractivity (Wildman–Crippen MR) is 87.2 cm³/mol. The summed E-state index contributed by atoms with van der Waals surface area (Å²) in [6.07, 6.45) is 3.47. The molecule has 0 radical (unpaired) electrons. The van der Waals surface area contributed by atoms with Gasteiger partial charge in [0.2, 0.25) is 11.9 Å². The van der Waals surface area contributed by atoms with Crippen molar-refractivity contribution in [3.63, 3.8) is 0 Å². The van der Waals surface area contributed by atoms with E-state index in [9.17, 15) is 4.79 Å². The number of aromatic nitrogens is 2. The van der Waals surface area contributed by atoms with E-state index in [1.54, 1.807) is 29.8 Å². The summed E-state index contributed by atoms with van der Waals surface area (Å²) in [4.78, 5) is 24.7. The van der Waals surface area contributed by atoms with Crippen molar-refractivity contribution in [1.82, 2.24) is 15.3 Å². The molecule has 0 unspecified atom stereocenters. The van der Waals surface area contributed by atoms with Crippen LogP contribution in [0.3, 0.4) is 0 Å². The molecule has 0 bridgehead atoms. The molecule has 2 aliphatic rings. The Labute approximate surface area is 138 Å². The Hall–Kier alpha value is -1.99. The molecular formula is C16H18N4O2S. The number of hydrogen-bond donors (Lipinski definition) is 1. The highest BCUT2D eigenvalue weighted by Gasteiger charge is 2.56. The SMILES string of the molecule is O=C(NCc1cccs1)[C@@]12COC[C@@H]1CN(c1ncccn1)C2. The van der Waals surface area contributed by atoms with Crippen LogP contribution >= 0.6 is 11.3 Å². The summed E-state index contributed by atoms with van der Waals surface area (Å²) in [5.74, 6) is 0.953. The second-order valence-electron chi connectivity index (χ2n) is 6.06. The first kappa shape index (κ1) is 14.6. The average molecular weight is 330 g/mol. The molecule has 4 heterocycles. The van der Waals surface area contributed by atoms with Gasteiger partial charge in [0, 0.05) is 36.3 Å². The molecular weight excluding hydrogens is 312 g/mol. The highest BCUT2D eigenvalue weighted by atomic mass is 32.1. The quantitative estimate of drug-likeness (QED) is 0.915. The Morgan fingerprint density at radius 3 is 3.09 bits per heavy atom. The van der Waals surface area contributed by atoms with Crippen LogP contribution in [-0.2, 0) is 16.1 Å². The third-order valence-electron chi connectivity index (χ3n) is 4.66. The number of fused-ring (bicyclic) bond motifs is 1. The summed E-state index contributed by atoms with van der Waals surface area (Å²) in [6.45, 7) is 3.04. The van der Waals surface area contributed by atoms with Gasteiger partial charge in [-0.25, -0.2) is 9.97 Å². The average Bonchev–Trinajstić information content (AvgIpc) is 3.29. The van der Waals surface area contributed by atoms with E-state index in [2.05, 4.69) is 20.2 Å². The van der Waals surface area contributed by atoms with E-state index in [-0.39, 0.29) is 11.8 Å². The number of rotatable bonds is 4. The van der Waals surface area contributed by atoms with Crippen LogP contribution in [0.5, 0.6) is 0 Å². The van der Waals surface area contributed by atoms with E-state index in [0.717, 1.165) is 11.4 Å². The lowest BCUT2D eigenvalue weighted by atomic mass is 9.80. The first-order chi connectivity index (χ1) is 11.3. The zero-order chi connectivity index (χ0) is 15.7. The molecule has 1 N–H and O–H groups in total. The van der Waals surface area contributed by atoms with E-state index in [1.165, 1.54) is 0 Å². The Kier molecular flexibility index (Phi) is 3.74. The third kappa shape index (κ3) is 2.60. The maximum absolute atomic E-state index is 12.9. The summed E-state index contributed by atoms with van der Waals surface area (Å²) >= 11 is 1.65. The van der Waals surface area contributed by atoms with Gasteiger partial charge in [0.1, 0.15) is 0 Å². The van der Waals surface area contributed by atoms with Crippen molar-refractivity contribution in [3.05, 3.63) is 40.8 Å². The summed E-state index contributed by atoms with van der Waals surface area (Å²) in [5.41, 5.74) is -0.490. The van der Waals surface area contributed by atoms with Gasteiger partial charge in [-0.2, -0.15) is 0 Å². The van der Waals surface area contributed by atoms with Gasteiger partial charge in [0.15, 0.2) is 0 Å². The Bertz CT molecular complexity index is 679. The summed E-state index contributed by atoms with van der Waals surface area (Å²) in [6, 6.07) is 5.83. The summed E-state index contributed by atoms with van der Waals surface area (Å²) < 4.78 is 5.63. The molecule has 2 aliphatic heterocycles. The van der Waals surface area contributed by atoms with Crippen molar-refractivity contribution >= 4 is 23.2 Å². The second kappa shape index (κ2) is 5.90. The maximum Gasteiger partial charge on any atom is 0.231 e. The van der Waals surface area contributed by atoms with Gasteiger partial charge >= 0.3 is 0 Å². The van der Waals surface area contributed by atoms with Gasteiger partial charge in [-0.15, -0.1) is 11.3 Å². The van der Waals surface area contributed by atoms with E-state index < -0.39 is 5.41 Å². The number of hydrogen-bond acceptors (Lipinski definition) is 6. The van der Waals surface area contributed by atoms with Gasteiger partial charge in [-0.3, -0.25) is 4.79 Å². The van der Waals surface area contributed by atoms with E-state index in [0.29, 0.717) is 32.3 Å². The lowest BCUT2D eigenvalue weighted by Crippen LogP contribution is -2.46. The van der Waals surface area contributed by atoms with Crippen LogP contribution in [0, 0.1) is 11.3 Å². The van der Waals surface area contributed by atoms with E-state index in [1.807, 2.05) is 17.5 Å². The smallest absolute Gasteiger partial charge is 0.231 e. The minimum Gasteiger partial charge on any atom is -0.380 e. The number of nitrogens with zero attached hydrogens (tertiary/aromatic N) is 3. The van der Waals surface area contributed by atoms with Gasteiger partial charge in [0.05, 0.1) is 25.2 Å². The lowest BCUT2D eigenvalue weighted by molar-refractivity contribution is -0.131. The molecule has 120 valence electrons. The number of thiophene rings is 1. The highest BCUT2D eigenvalue weighted by molar-refractivity contribution is 7.09. The molecule has 4 rings (SSSR count). The van der Waals surface area contributed by atoms with Crippen LogP contribution in [0.2, 0.25) is 0 Å². The minimum atomic E-state index is -0.490. The predicted octanol–water partition coefficient (Wildman–Crippen LogP) is 1.31. The fourth-order valence-electron chi connectivity index (χ4n) is 3.42. The molecule has 23 heavy (non-hydrogen) atoms. The van der Waals surface area contributed by atoms with Crippen molar-refractivity contribution in [2.45, 2.75) is 6.54 Å². The standard InChI is InChI=1S/C16H18N4O2S/c21-14(19-7-13-3-1-6-23-13)16-10-20(8-12(16)9-22-11-16)15-17-4-2-5-18-15/h1-6,12H,7-11H2,(H,19,21)/t12-,16-/m0/s1. The van der Waals surface area contributed by atoms with E-state index in [4.69, 9.17) is 4.74 Å². The number of ether oxygens (including phenoxy) is 1. The van der Waals surface area contributed by atoms with Gasteiger partial charge in [0.25, 0.3) is 0 Å². The Morgan fingerprint density at radius 1 is 1.43 bits per heavy atom. The minimum absolute atomic E-state index is 0.0758. The molecule has 2 saturated heterocycles. The molecule has 2 fully saturated rings. The Morgan fingerprint density at radius 2 is 2.30 bits per heavy atom. The first-order valence-corrected chi connectivity index (χ1v) is 8.56. The van der Waals surface area contributed by atoms with Gasteiger partial charge < -0.3 is 15.0 Å². The highest BCUT2D eigenvalue weighted by Crippen LogP contribution is 2.42. The van der Waals surface area contributed by atoms with Crippen LogP contribution in [0.1, 0.15) is 4.88 Å². The van der Waals surface area contributed by atoms with Crippen molar-refractivity contribution in [3.8, 4) is 0 Å². The second-order valence-corrected chi connectivity index (χ2v) is 7.09. The number of nitrogens with one attached hydrogen (secondary N) is 1. The van der Waals surface area contributed by atoms with Crippen molar-refractivity contribution in [1.29, 1.82) is 0 Å². The molecule has 6 nitrogen and oxygen atoms in total.